The zero-order valence-electron chi connectivity index (χ0n) is 29.8. The maximum atomic E-state index is 13.4. The van der Waals surface area contributed by atoms with Gasteiger partial charge in [-0.25, -0.2) is 4.79 Å². The number of ether oxygens (including phenoxy) is 8. The van der Waals surface area contributed by atoms with E-state index >= 15 is 0 Å². The van der Waals surface area contributed by atoms with Crippen molar-refractivity contribution in [2.24, 2.45) is 0 Å². The Kier molecular flexibility index (Phi) is 14.1. The molecule has 12 nitrogen and oxygen atoms in total. The number of hydrogen-bond acceptors (Lipinski definition) is 11. The van der Waals surface area contributed by atoms with Crippen LogP contribution in [0.3, 0.4) is 0 Å². The van der Waals surface area contributed by atoms with Crippen molar-refractivity contribution in [1.82, 2.24) is 5.32 Å². The molecular formula is C40H47NO11. The molecule has 3 aromatic carbocycles. The molecule has 2 saturated heterocycles. The van der Waals surface area contributed by atoms with Crippen molar-refractivity contribution in [2.45, 2.75) is 102 Å². The first kappa shape index (κ1) is 38.8. The van der Waals surface area contributed by atoms with E-state index in [2.05, 4.69) is 11.9 Å². The summed E-state index contributed by atoms with van der Waals surface area (Å²) in [7, 11) is 0. The van der Waals surface area contributed by atoms with Gasteiger partial charge in [0.25, 0.3) is 0 Å². The second-order valence-electron chi connectivity index (χ2n) is 12.7. The van der Waals surface area contributed by atoms with Crippen molar-refractivity contribution >= 4 is 17.8 Å². The highest BCUT2D eigenvalue weighted by molar-refractivity contribution is 5.89. The summed E-state index contributed by atoms with van der Waals surface area (Å²) in [5.41, 5.74) is 2.09. The summed E-state index contributed by atoms with van der Waals surface area (Å²) in [6, 6.07) is 26.7. The van der Waals surface area contributed by atoms with Crippen LogP contribution in [0.2, 0.25) is 0 Å². The Balaban J connectivity index is 1.51. The smallest absolute Gasteiger partial charge is 0.338 e. The lowest BCUT2D eigenvalue weighted by Crippen LogP contribution is -2.67. The molecule has 0 radical (unpaired) electrons. The third-order valence-corrected chi connectivity index (χ3v) is 8.68. The van der Waals surface area contributed by atoms with Gasteiger partial charge in [0.2, 0.25) is 5.91 Å². The summed E-state index contributed by atoms with van der Waals surface area (Å²) in [5.74, 6) is -1.50. The van der Waals surface area contributed by atoms with E-state index in [1.165, 1.54) is 13.8 Å². The Labute approximate surface area is 304 Å². The fourth-order valence-corrected chi connectivity index (χ4v) is 6.29. The van der Waals surface area contributed by atoms with Crippen LogP contribution in [-0.4, -0.2) is 85.8 Å². The van der Waals surface area contributed by atoms with Crippen LogP contribution in [0.25, 0.3) is 0 Å². The van der Waals surface area contributed by atoms with Gasteiger partial charge in [-0.05, 0) is 37.1 Å². The Bertz CT molecular complexity index is 1590. The minimum atomic E-state index is -1.19. The molecule has 1 amide bonds. The van der Waals surface area contributed by atoms with Gasteiger partial charge in [-0.1, -0.05) is 84.9 Å². The number of benzene rings is 3. The Morgan fingerprint density at radius 3 is 1.81 bits per heavy atom. The predicted molar refractivity (Wildman–Crippen MR) is 189 cm³/mol. The van der Waals surface area contributed by atoms with Gasteiger partial charge in [0.05, 0.1) is 43.6 Å². The normalized spacial score (nSPS) is 28.7. The van der Waals surface area contributed by atoms with Crippen LogP contribution in [0.5, 0.6) is 0 Å². The van der Waals surface area contributed by atoms with Gasteiger partial charge in [-0.3, -0.25) is 9.59 Å². The van der Waals surface area contributed by atoms with E-state index in [-0.39, 0.29) is 25.7 Å². The van der Waals surface area contributed by atoms with Crippen molar-refractivity contribution in [2.75, 3.05) is 6.61 Å². The molecule has 1 N–H and O–H groups in total. The van der Waals surface area contributed by atoms with E-state index < -0.39 is 73.3 Å². The molecule has 0 unspecified atom stereocenters. The lowest BCUT2D eigenvalue weighted by atomic mass is 9.95. The number of carbonyl (C=O) groups excluding carboxylic acids is 3. The summed E-state index contributed by atoms with van der Waals surface area (Å²) in [6.45, 7) is 10.3. The topological polar surface area (TPSA) is 137 Å². The Hall–Kier alpha value is -4.43. The molecule has 0 bridgehead atoms. The van der Waals surface area contributed by atoms with E-state index in [1.807, 2.05) is 60.7 Å². The van der Waals surface area contributed by atoms with E-state index in [0.717, 1.165) is 11.1 Å². The minimum Gasteiger partial charge on any atom is -0.457 e. The quantitative estimate of drug-likeness (QED) is 0.170. The lowest BCUT2D eigenvalue weighted by Gasteiger charge is -2.49. The second kappa shape index (κ2) is 18.9. The monoisotopic (exact) mass is 717 g/mol. The number of nitrogens with one attached hydrogen (secondary N) is 1. The molecule has 52 heavy (non-hydrogen) atoms. The molecule has 278 valence electrons. The number of carbonyl (C=O) groups is 3. The van der Waals surface area contributed by atoms with Crippen molar-refractivity contribution in [3.05, 3.63) is 120 Å². The number of hydrogen-bond donors (Lipinski definition) is 1. The van der Waals surface area contributed by atoms with Crippen LogP contribution in [0, 0.1) is 0 Å². The molecule has 2 aliphatic heterocycles. The molecule has 2 aliphatic rings. The largest absolute Gasteiger partial charge is 0.457 e. The van der Waals surface area contributed by atoms with Crippen LogP contribution in [-0.2, 0) is 60.7 Å². The van der Waals surface area contributed by atoms with Gasteiger partial charge in [0.1, 0.15) is 18.3 Å². The summed E-state index contributed by atoms with van der Waals surface area (Å²) >= 11 is 0. The highest BCUT2D eigenvalue weighted by Gasteiger charge is 2.54. The average molecular weight is 718 g/mol. The van der Waals surface area contributed by atoms with E-state index in [4.69, 9.17) is 37.9 Å². The standard InChI is InChI=1S/C40H47NO11/c1-6-22-45-36-34(51-38(44)31-20-14-9-15-21-31)26(3)48-39(47-24-30-18-12-8-13-19-30)37(36)52-40-35(46-23-29-16-10-7-11-17-29)32(41-27(4)42)33(25(2)49-40)50-28(5)43/h6-21,25-26,32-37,39-40H,1,22-24H2,2-5H3,(H,41,42)/t25-,26+,32+,33+,34+,35-,36-,37-,39-,40-/m1/s1. The summed E-state index contributed by atoms with van der Waals surface area (Å²) in [4.78, 5) is 38.2. The first-order valence-corrected chi connectivity index (χ1v) is 17.3. The molecule has 3 aromatic rings. The molecule has 0 spiro atoms. The third-order valence-electron chi connectivity index (χ3n) is 8.68. The highest BCUT2D eigenvalue weighted by atomic mass is 16.8. The maximum Gasteiger partial charge on any atom is 0.338 e. The van der Waals surface area contributed by atoms with Gasteiger partial charge in [0, 0.05) is 13.8 Å². The second-order valence-corrected chi connectivity index (χ2v) is 12.7. The zero-order chi connectivity index (χ0) is 37.0. The highest BCUT2D eigenvalue weighted by Crippen LogP contribution is 2.35. The van der Waals surface area contributed by atoms with Gasteiger partial charge < -0.3 is 43.2 Å². The Morgan fingerprint density at radius 1 is 0.673 bits per heavy atom. The molecule has 5 rings (SSSR count). The molecular weight excluding hydrogens is 670 g/mol. The maximum absolute atomic E-state index is 13.4. The van der Waals surface area contributed by atoms with Crippen LogP contribution in [0.1, 0.15) is 49.2 Å². The van der Waals surface area contributed by atoms with Crippen LogP contribution in [0.4, 0.5) is 0 Å². The molecule has 10 atom stereocenters. The number of rotatable bonds is 15. The summed E-state index contributed by atoms with van der Waals surface area (Å²) in [5, 5.41) is 2.91. The van der Waals surface area contributed by atoms with E-state index in [0.29, 0.717) is 5.56 Å². The van der Waals surface area contributed by atoms with Gasteiger partial charge in [0.15, 0.2) is 24.8 Å². The van der Waals surface area contributed by atoms with E-state index in [1.54, 1.807) is 50.3 Å². The fourth-order valence-electron chi connectivity index (χ4n) is 6.29. The average Bonchev–Trinajstić information content (AvgIpc) is 3.14. The van der Waals surface area contributed by atoms with Crippen LogP contribution >= 0.6 is 0 Å². The van der Waals surface area contributed by atoms with Gasteiger partial charge in [-0.15, -0.1) is 6.58 Å². The van der Waals surface area contributed by atoms with Crippen molar-refractivity contribution in [1.29, 1.82) is 0 Å². The molecule has 0 aliphatic carbocycles. The molecule has 2 heterocycles. The molecule has 0 aromatic heterocycles. The number of esters is 2. The van der Waals surface area contributed by atoms with Gasteiger partial charge >= 0.3 is 11.9 Å². The first-order valence-electron chi connectivity index (χ1n) is 17.3. The van der Waals surface area contributed by atoms with Crippen molar-refractivity contribution in [3.8, 4) is 0 Å². The van der Waals surface area contributed by atoms with Crippen molar-refractivity contribution < 1.29 is 52.3 Å². The number of amides is 1. The molecule has 12 heteroatoms. The van der Waals surface area contributed by atoms with Crippen molar-refractivity contribution in [3.63, 3.8) is 0 Å². The summed E-state index contributed by atoms with van der Waals surface area (Å²) in [6.07, 6.45) is -7.01. The first-order chi connectivity index (χ1) is 25.1. The van der Waals surface area contributed by atoms with E-state index in [9.17, 15) is 14.4 Å². The predicted octanol–water partition coefficient (Wildman–Crippen LogP) is 4.90. The SMILES string of the molecule is C=CCO[C@@H]1[C@@H](OC(=O)c2ccccc2)[C@H](C)O[C@@H](OCc2ccccc2)[C@@H]1O[C@H]1O[C@H](C)[C@H](OC(C)=O)[C@H](NC(C)=O)[C@H]1OCc1ccccc1. The zero-order valence-corrected chi connectivity index (χ0v) is 29.8. The minimum absolute atomic E-state index is 0.0843. The fraction of sp³-hybridized carbons (Fsp3) is 0.425. The molecule has 0 saturated carbocycles. The van der Waals surface area contributed by atoms with Crippen LogP contribution < -0.4 is 5.32 Å². The third kappa shape index (κ3) is 10.3. The molecule has 2 fully saturated rings. The lowest BCUT2D eigenvalue weighted by molar-refractivity contribution is -0.362. The van der Waals surface area contributed by atoms with Gasteiger partial charge in [-0.2, -0.15) is 0 Å². The summed E-state index contributed by atoms with van der Waals surface area (Å²) < 4.78 is 50.6. The van der Waals surface area contributed by atoms with Crippen LogP contribution in [0.15, 0.2) is 104 Å². The Morgan fingerprint density at radius 2 is 1.23 bits per heavy atom.